The third-order valence-electron chi connectivity index (χ3n) is 1.22. The Morgan fingerprint density at radius 2 is 1.75 bits per heavy atom. The first-order valence-electron chi connectivity index (χ1n) is 4.06. The van der Waals surface area contributed by atoms with Crippen LogP contribution in [0.1, 0.15) is 5.56 Å². The second-order valence-electron chi connectivity index (χ2n) is 2.63. The highest BCUT2D eigenvalue weighted by Crippen LogP contribution is 2.01. The Hall–Kier alpha value is -1.64. The zero-order valence-corrected chi connectivity index (χ0v) is 9.15. The minimum absolute atomic E-state index is 0.139. The third kappa shape index (κ3) is 10.4. The fourth-order valence-electron chi connectivity index (χ4n) is 0.717. The Labute approximate surface area is 93.5 Å². The Kier molecular flexibility index (Phi) is 6.08. The lowest BCUT2D eigenvalue weighted by Crippen LogP contribution is -2.20. The molecule has 1 rings (SSSR count). The van der Waals surface area contributed by atoms with Gasteiger partial charge in [0.15, 0.2) is 5.96 Å². The Balaban J connectivity index is 0.000000487. The monoisotopic (exact) mass is 247 g/mol. The molecule has 8 heteroatoms. The summed E-state index contributed by atoms with van der Waals surface area (Å²) in [7, 11) is -4.32. The molecule has 16 heavy (non-hydrogen) atoms. The molecule has 0 atom stereocenters. The Bertz CT molecular complexity index is 414. The number of benzene rings is 1. The van der Waals surface area contributed by atoms with Crippen LogP contribution in [0.15, 0.2) is 30.3 Å². The van der Waals surface area contributed by atoms with Gasteiger partial charge in [-0.2, -0.15) is 8.42 Å². The number of nitrogens with two attached hydrogens (primary N) is 2. The van der Waals surface area contributed by atoms with E-state index in [4.69, 9.17) is 9.96 Å². The molecule has 0 saturated carbocycles. The first kappa shape index (κ1) is 14.4. The molecule has 0 aliphatic heterocycles. The standard InChI is InChI=1S/C7H8O4S.CH5N3/c8-12(9,10)11-6-7-4-2-1-3-5-7;2-1(3)4/h1-5H,6H2,(H,8,9,10);(H5,2,3,4). The predicted molar refractivity (Wildman–Crippen MR) is 58.9 cm³/mol. The highest BCUT2D eigenvalue weighted by molar-refractivity contribution is 7.80. The molecule has 1 aromatic carbocycles. The van der Waals surface area contributed by atoms with Crippen molar-refractivity contribution in [3.63, 3.8) is 0 Å². The quantitative estimate of drug-likeness (QED) is 0.332. The van der Waals surface area contributed by atoms with Gasteiger partial charge in [-0.3, -0.25) is 9.96 Å². The van der Waals surface area contributed by atoms with E-state index in [1.165, 1.54) is 0 Å². The van der Waals surface area contributed by atoms with E-state index in [2.05, 4.69) is 15.7 Å². The molecule has 0 bridgehead atoms. The maximum atomic E-state index is 10.1. The van der Waals surface area contributed by atoms with Gasteiger partial charge in [0.25, 0.3) is 0 Å². The number of rotatable bonds is 3. The molecule has 0 spiro atoms. The summed E-state index contributed by atoms with van der Waals surface area (Å²) in [6.45, 7) is -0.139. The zero-order chi connectivity index (χ0) is 12.6. The topological polar surface area (TPSA) is 139 Å². The number of hydrogen-bond acceptors (Lipinski definition) is 4. The van der Waals surface area contributed by atoms with Crippen molar-refractivity contribution in [1.29, 1.82) is 5.41 Å². The average Bonchev–Trinajstić information content (AvgIpc) is 2.14. The maximum absolute atomic E-state index is 10.1. The van der Waals surface area contributed by atoms with Gasteiger partial charge in [-0.25, -0.2) is 4.18 Å². The third-order valence-corrected chi connectivity index (χ3v) is 1.63. The molecule has 0 amide bonds. The van der Waals surface area contributed by atoms with Crippen molar-refractivity contribution in [2.24, 2.45) is 11.5 Å². The fraction of sp³-hybridized carbons (Fsp3) is 0.125. The van der Waals surface area contributed by atoms with Crippen molar-refractivity contribution < 1.29 is 17.2 Å². The molecule has 0 aromatic heterocycles. The molecule has 7 nitrogen and oxygen atoms in total. The van der Waals surface area contributed by atoms with Crippen LogP contribution in [0.25, 0.3) is 0 Å². The molecule has 6 N–H and O–H groups in total. The van der Waals surface area contributed by atoms with Gasteiger partial charge < -0.3 is 11.5 Å². The number of nitrogens with one attached hydrogen (secondary N) is 1. The highest BCUT2D eigenvalue weighted by atomic mass is 32.3. The molecular weight excluding hydrogens is 234 g/mol. The lowest BCUT2D eigenvalue weighted by molar-refractivity contribution is 0.259. The smallest absolute Gasteiger partial charge is 0.370 e. The molecule has 0 unspecified atom stereocenters. The van der Waals surface area contributed by atoms with Crippen molar-refractivity contribution in [2.75, 3.05) is 0 Å². The second-order valence-corrected chi connectivity index (χ2v) is 3.72. The number of guanidine groups is 1. The van der Waals surface area contributed by atoms with Gasteiger partial charge in [-0.15, -0.1) is 0 Å². The Morgan fingerprint density at radius 3 is 2.12 bits per heavy atom. The Morgan fingerprint density at radius 1 is 1.31 bits per heavy atom. The van der Waals surface area contributed by atoms with Gasteiger partial charge in [0.1, 0.15) is 0 Å². The predicted octanol–water partition coefficient (Wildman–Crippen LogP) is -0.155. The molecular formula is C8H13N3O4S. The summed E-state index contributed by atoms with van der Waals surface area (Å²) in [4.78, 5) is 0. The van der Waals surface area contributed by atoms with Crippen molar-refractivity contribution in [3.05, 3.63) is 35.9 Å². The first-order valence-corrected chi connectivity index (χ1v) is 5.43. The molecule has 0 radical (unpaired) electrons. The lowest BCUT2D eigenvalue weighted by Gasteiger charge is -1.98. The van der Waals surface area contributed by atoms with E-state index in [1.807, 2.05) is 0 Å². The minimum atomic E-state index is -4.32. The largest absolute Gasteiger partial charge is 0.397 e. The molecule has 0 fully saturated rings. The fourth-order valence-corrected chi connectivity index (χ4v) is 1.00. The molecule has 0 aliphatic rings. The molecule has 0 saturated heterocycles. The van der Waals surface area contributed by atoms with Crippen LogP contribution in [-0.2, 0) is 21.2 Å². The normalized spacial score (nSPS) is 10.1. The van der Waals surface area contributed by atoms with Crippen LogP contribution in [0, 0.1) is 5.41 Å². The van der Waals surface area contributed by atoms with Crippen molar-refractivity contribution in [3.8, 4) is 0 Å². The van der Waals surface area contributed by atoms with Gasteiger partial charge in [-0.05, 0) is 5.56 Å². The van der Waals surface area contributed by atoms with Crippen molar-refractivity contribution in [2.45, 2.75) is 6.61 Å². The summed E-state index contributed by atoms with van der Waals surface area (Å²) < 4.78 is 32.6. The summed E-state index contributed by atoms with van der Waals surface area (Å²) in [5.74, 6) is -0.333. The van der Waals surface area contributed by atoms with Gasteiger partial charge in [0.2, 0.25) is 0 Å². The minimum Gasteiger partial charge on any atom is -0.370 e. The first-order chi connectivity index (χ1) is 7.31. The summed E-state index contributed by atoms with van der Waals surface area (Å²) in [6, 6.07) is 8.71. The van der Waals surface area contributed by atoms with Crippen LogP contribution in [0.3, 0.4) is 0 Å². The molecule has 1 aromatic rings. The van der Waals surface area contributed by atoms with E-state index >= 15 is 0 Å². The average molecular weight is 247 g/mol. The van der Waals surface area contributed by atoms with Crippen LogP contribution in [0.2, 0.25) is 0 Å². The lowest BCUT2D eigenvalue weighted by atomic mass is 10.2. The summed E-state index contributed by atoms with van der Waals surface area (Å²) in [6.07, 6.45) is 0. The van der Waals surface area contributed by atoms with Crippen LogP contribution in [-0.4, -0.2) is 18.9 Å². The summed E-state index contributed by atoms with van der Waals surface area (Å²) in [5.41, 5.74) is 9.63. The molecule has 90 valence electrons. The maximum Gasteiger partial charge on any atom is 0.397 e. The second kappa shape index (κ2) is 6.77. The van der Waals surface area contributed by atoms with Gasteiger partial charge in [0, 0.05) is 0 Å². The van der Waals surface area contributed by atoms with Gasteiger partial charge in [-0.1, -0.05) is 30.3 Å². The molecule has 0 heterocycles. The van der Waals surface area contributed by atoms with Crippen LogP contribution >= 0.6 is 0 Å². The van der Waals surface area contributed by atoms with E-state index in [0.717, 1.165) is 0 Å². The molecule has 0 aliphatic carbocycles. The van der Waals surface area contributed by atoms with Gasteiger partial charge in [0.05, 0.1) is 6.61 Å². The number of hydrogen-bond donors (Lipinski definition) is 4. The van der Waals surface area contributed by atoms with Crippen molar-refractivity contribution >= 4 is 16.4 Å². The highest BCUT2D eigenvalue weighted by Gasteiger charge is 2.03. The summed E-state index contributed by atoms with van der Waals surface area (Å²) >= 11 is 0. The van der Waals surface area contributed by atoms with E-state index < -0.39 is 10.4 Å². The van der Waals surface area contributed by atoms with E-state index in [0.29, 0.717) is 5.56 Å². The van der Waals surface area contributed by atoms with E-state index in [9.17, 15) is 8.42 Å². The van der Waals surface area contributed by atoms with E-state index in [1.54, 1.807) is 30.3 Å². The van der Waals surface area contributed by atoms with E-state index in [-0.39, 0.29) is 12.6 Å². The summed E-state index contributed by atoms with van der Waals surface area (Å²) in [5, 5.41) is 6.06. The van der Waals surface area contributed by atoms with Crippen molar-refractivity contribution in [1.82, 2.24) is 0 Å². The van der Waals surface area contributed by atoms with Crippen LogP contribution in [0.5, 0.6) is 0 Å². The zero-order valence-electron chi connectivity index (χ0n) is 8.33. The SMILES string of the molecule is N=C(N)N.O=S(=O)(O)OCc1ccccc1. The van der Waals surface area contributed by atoms with Crippen LogP contribution in [0.4, 0.5) is 0 Å². The van der Waals surface area contributed by atoms with Crippen LogP contribution < -0.4 is 11.5 Å². The van der Waals surface area contributed by atoms with Gasteiger partial charge >= 0.3 is 10.4 Å².